The van der Waals surface area contributed by atoms with Gasteiger partial charge in [-0.25, -0.2) is 4.68 Å². The van der Waals surface area contributed by atoms with E-state index in [-0.39, 0.29) is 18.1 Å². The molecular formula is C14H20N4O2S. The molecule has 0 saturated carbocycles. The van der Waals surface area contributed by atoms with Gasteiger partial charge in [-0.05, 0) is 23.8 Å². The molecular weight excluding hydrogens is 288 g/mol. The van der Waals surface area contributed by atoms with Crippen molar-refractivity contribution in [2.45, 2.75) is 32.9 Å². The van der Waals surface area contributed by atoms with Crippen molar-refractivity contribution in [2.75, 3.05) is 6.54 Å². The van der Waals surface area contributed by atoms with E-state index in [1.165, 1.54) is 0 Å². The van der Waals surface area contributed by atoms with Crippen LogP contribution in [0.2, 0.25) is 0 Å². The largest absolute Gasteiger partial charge is 0.391 e. The molecule has 0 radical (unpaired) electrons. The number of nitrogens with one attached hydrogen (secondary N) is 1. The second kappa shape index (κ2) is 7.33. The summed E-state index contributed by atoms with van der Waals surface area (Å²) in [4.78, 5) is 13.1. The van der Waals surface area contributed by atoms with Gasteiger partial charge in [0, 0.05) is 11.4 Å². The molecule has 6 nitrogen and oxygen atoms in total. The lowest BCUT2D eigenvalue weighted by atomic mass is 10.1. The zero-order chi connectivity index (χ0) is 15.2. The first-order chi connectivity index (χ1) is 10.0. The fraction of sp³-hybridized carbons (Fsp3) is 0.500. The summed E-state index contributed by atoms with van der Waals surface area (Å²) in [6.45, 7) is 4.89. The maximum absolute atomic E-state index is 11.9. The van der Waals surface area contributed by atoms with E-state index >= 15 is 0 Å². The van der Waals surface area contributed by atoms with Crippen molar-refractivity contribution in [1.82, 2.24) is 20.3 Å². The lowest BCUT2D eigenvalue weighted by molar-refractivity contribution is 0.0895. The number of carbonyl (C=O) groups is 1. The Morgan fingerprint density at radius 1 is 1.52 bits per heavy atom. The number of aromatic nitrogens is 3. The average Bonchev–Trinajstić information content (AvgIpc) is 3.07. The third kappa shape index (κ3) is 4.95. The maximum atomic E-state index is 11.9. The normalized spacial score (nSPS) is 12.6. The van der Waals surface area contributed by atoms with Gasteiger partial charge in [0.2, 0.25) is 0 Å². The molecule has 7 heteroatoms. The number of amides is 1. The molecule has 0 fully saturated rings. The molecule has 114 valence electrons. The van der Waals surface area contributed by atoms with Gasteiger partial charge in [0.1, 0.15) is 0 Å². The van der Waals surface area contributed by atoms with Crippen molar-refractivity contribution in [1.29, 1.82) is 0 Å². The van der Waals surface area contributed by atoms with E-state index < -0.39 is 6.10 Å². The number of hydrogen-bond donors (Lipinski definition) is 2. The molecule has 1 amide bonds. The third-order valence-corrected chi connectivity index (χ3v) is 3.77. The molecule has 0 spiro atoms. The lowest BCUT2D eigenvalue weighted by Crippen LogP contribution is -2.33. The van der Waals surface area contributed by atoms with Crippen LogP contribution in [0, 0.1) is 5.92 Å². The summed E-state index contributed by atoms with van der Waals surface area (Å²) in [6, 6.07) is 3.98. The van der Waals surface area contributed by atoms with Crippen LogP contribution in [0.15, 0.2) is 23.7 Å². The smallest absolute Gasteiger partial charge is 0.273 e. The molecule has 2 aromatic heterocycles. The standard InChI is InChI=1S/C14H20N4O2S/c1-10(2)6-11(19)7-15-14(20)13-9-18(17-16-13)8-12-4-3-5-21-12/h3-5,9-11,19H,6-8H2,1-2H3,(H,15,20). The number of carbonyl (C=O) groups excluding carboxylic acids is 1. The minimum absolute atomic E-state index is 0.231. The molecule has 2 N–H and O–H groups in total. The molecule has 0 aliphatic carbocycles. The van der Waals surface area contributed by atoms with E-state index in [0.717, 1.165) is 4.88 Å². The molecule has 0 aromatic carbocycles. The van der Waals surface area contributed by atoms with Gasteiger partial charge in [0.05, 0.1) is 18.8 Å². The van der Waals surface area contributed by atoms with Crippen molar-refractivity contribution in [2.24, 2.45) is 5.92 Å². The summed E-state index contributed by atoms with van der Waals surface area (Å²) in [7, 11) is 0. The molecule has 2 aromatic rings. The highest BCUT2D eigenvalue weighted by atomic mass is 32.1. The molecule has 1 unspecified atom stereocenters. The SMILES string of the molecule is CC(C)CC(O)CNC(=O)c1cn(Cc2cccs2)nn1. The Labute approximate surface area is 127 Å². The number of thiophene rings is 1. The first kappa shape index (κ1) is 15.7. The zero-order valence-electron chi connectivity index (χ0n) is 12.2. The molecule has 2 heterocycles. The van der Waals surface area contributed by atoms with Gasteiger partial charge in [0.25, 0.3) is 5.91 Å². The van der Waals surface area contributed by atoms with Crippen LogP contribution in [0.25, 0.3) is 0 Å². The van der Waals surface area contributed by atoms with Crippen LogP contribution in [-0.4, -0.2) is 38.7 Å². The van der Waals surface area contributed by atoms with Crippen molar-refractivity contribution < 1.29 is 9.90 Å². The fourth-order valence-electron chi connectivity index (χ4n) is 1.97. The van der Waals surface area contributed by atoms with Crippen molar-refractivity contribution in [3.8, 4) is 0 Å². The van der Waals surface area contributed by atoms with E-state index in [1.807, 2.05) is 31.4 Å². The Hall–Kier alpha value is -1.73. The zero-order valence-corrected chi connectivity index (χ0v) is 13.0. The lowest BCUT2D eigenvalue weighted by Gasteiger charge is -2.12. The minimum atomic E-state index is -0.532. The van der Waals surface area contributed by atoms with Crippen molar-refractivity contribution >= 4 is 17.2 Å². The van der Waals surface area contributed by atoms with Crippen molar-refractivity contribution in [3.05, 3.63) is 34.3 Å². The second-order valence-electron chi connectivity index (χ2n) is 5.37. The fourth-order valence-corrected chi connectivity index (χ4v) is 2.67. The predicted molar refractivity (Wildman–Crippen MR) is 81.2 cm³/mol. The summed E-state index contributed by atoms with van der Waals surface area (Å²) in [6.07, 6.45) is 1.74. The highest BCUT2D eigenvalue weighted by Gasteiger charge is 2.13. The maximum Gasteiger partial charge on any atom is 0.273 e. The van der Waals surface area contributed by atoms with E-state index in [1.54, 1.807) is 22.2 Å². The summed E-state index contributed by atoms with van der Waals surface area (Å²) in [5.74, 6) is 0.0822. The molecule has 21 heavy (non-hydrogen) atoms. The van der Waals surface area contributed by atoms with Gasteiger partial charge in [-0.2, -0.15) is 0 Å². The van der Waals surface area contributed by atoms with Crippen LogP contribution in [0.5, 0.6) is 0 Å². The second-order valence-corrected chi connectivity index (χ2v) is 6.41. The van der Waals surface area contributed by atoms with Crippen LogP contribution in [0.4, 0.5) is 0 Å². The van der Waals surface area contributed by atoms with Gasteiger partial charge in [-0.1, -0.05) is 25.1 Å². The topological polar surface area (TPSA) is 80.0 Å². The Balaban J connectivity index is 1.84. The molecule has 2 rings (SSSR count). The van der Waals surface area contributed by atoms with Gasteiger partial charge >= 0.3 is 0 Å². The van der Waals surface area contributed by atoms with E-state index in [9.17, 15) is 9.90 Å². The summed E-state index contributed by atoms with van der Waals surface area (Å²) in [5.41, 5.74) is 0.267. The summed E-state index contributed by atoms with van der Waals surface area (Å²) >= 11 is 1.63. The Morgan fingerprint density at radius 3 is 3.00 bits per heavy atom. The molecule has 0 aliphatic heterocycles. The highest BCUT2D eigenvalue weighted by Crippen LogP contribution is 2.10. The van der Waals surface area contributed by atoms with Crippen LogP contribution in [-0.2, 0) is 6.54 Å². The van der Waals surface area contributed by atoms with Gasteiger partial charge in [-0.3, -0.25) is 4.79 Å². The summed E-state index contributed by atoms with van der Waals surface area (Å²) in [5, 5.41) is 22.2. The van der Waals surface area contributed by atoms with E-state index in [4.69, 9.17) is 0 Å². The average molecular weight is 308 g/mol. The molecule has 0 saturated heterocycles. The van der Waals surface area contributed by atoms with Crippen LogP contribution >= 0.6 is 11.3 Å². The first-order valence-corrected chi connectivity index (χ1v) is 7.81. The number of aliphatic hydroxyl groups excluding tert-OH is 1. The van der Waals surface area contributed by atoms with Gasteiger partial charge in [0.15, 0.2) is 5.69 Å². The molecule has 0 aliphatic rings. The van der Waals surface area contributed by atoms with Crippen LogP contribution in [0.1, 0.15) is 35.6 Å². The van der Waals surface area contributed by atoms with E-state index in [2.05, 4.69) is 15.6 Å². The summed E-state index contributed by atoms with van der Waals surface area (Å²) < 4.78 is 1.63. The van der Waals surface area contributed by atoms with Gasteiger partial charge < -0.3 is 10.4 Å². The third-order valence-electron chi connectivity index (χ3n) is 2.91. The first-order valence-electron chi connectivity index (χ1n) is 6.93. The van der Waals surface area contributed by atoms with Crippen LogP contribution in [0.3, 0.4) is 0 Å². The predicted octanol–water partition coefficient (Wildman–Crippen LogP) is 1.52. The Kier molecular flexibility index (Phi) is 5.46. The molecule has 1 atom stereocenters. The van der Waals surface area contributed by atoms with Crippen LogP contribution < -0.4 is 5.32 Å². The van der Waals surface area contributed by atoms with Gasteiger partial charge in [-0.15, -0.1) is 16.4 Å². The Morgan fingerprint density at radius 2 is 2.33 bits per heavy atom. The molecule has 0 bridgehead atoms. The Bertz CT molecular complexity index is 565. The quantitative estimate of drug-likeness (QED) is 0.813. The number of hydrogen-bond acceptors (Lipinski definition) is 5. The monoisotopic (exact) mass is 308 g/mol. The highest BCUT2D eigenvalue weighted by molar-refractivity contribution is 7.09. The number of rotatable bonds is 7. The number of aliphatic hydroxyl groups is 1. The van der Waals surface area contributed by atoms with Crippen molar-refractivity contribution in [3.63, 3.8) is 0 Å². The minimum Gasteiger partial charge on any atom is -0.391 e. The number of nitrogens with zero attached hydrogens (tertiary/aromatic N) is 3. The van der Waals surface area contributed by atoms with E-state index in [0.29, 0.717) is 18.9 Å².